The fourth-order valence-electron chi connectivity index (χ4n) is 1.86. The van der Waals surface area contributed by atoms with Crippen LogP contribution in [0.2, 0.25) is 0 Å². The van der Waals surface area contributed by atoms with Crippen LogP contribution in [-0.2, 0) is 17.5 Å². The van der Waals surface area contributed by atoms with Crippen molar-refractivity contribution in [3.05, 3.63) is 45.2 Å². The van der Waals surface area contributed by atoms with E-state index in [1.807, 2.05) is 0 Å². The first-order valence-corrected chi connectivity index (χ1v) is 7.15. The van der Waals surface area contributed by atoms with E-state index in [0.717, 1.165) is 0 Å². The SMILES string of the molecule is Cc1c(Br)c(C(F)(F)F)nn1CC(=O)Nc1c(F)c(F)cc(F)c1F. The van der Waals surface area contributed by atoms with Gasteiger partial charge in [-0.05, 0) is 22.9 Å². The Morgan fingerprint density at radius 1 is 1.20 bits per heavy atom. The standard InChI is InChI=1S/C13H7BrF7N3O/c1-4-8(14)12(13(19,20)21)23-24(4)3-7(25)22-11-9(17)5(15)2-6(16)10(11)18/h2H,3H2,1H3,(H,22,25). The third kappa shape index (κ3) is 3.78. The molecule has 0 aliphatic heterocycles. The number of hydrogen-bond acceptors (Lipinski definition) is 2. The summed E-state index contributed by atoms with van der Waals surface area (Å²) >= 11 is 2.68. The van der Waals surface area contributed by atoms with Crippen LogP contribution in [0, 0.1) is 30.2 Å². The number of carbonyl (C=O) groups excluding carboxylic acids is 1. The lowest BCUT2D eigenvalue weighted by Crippen LogP contribution is -2.22. The van der Waals surface area contributed by atoms with Gasteiger partial charge in [0.25, 0.3) is 0 Å². The molecule has 4 nitrogen and oxygen atoms in total. The Kier molecular flexibility index (Phi) is 5.11. The molecule has 1 aromatic heterocycles. The van der Waals surface area contributed by atoms with Crippen LogP contribution < -0.4 is 5.32 Å². The molecule has 0 unspecified atom stereocenters. The molecular weight excluding hydrogens is 427 g/mol. The third-order valence-electron chi connectivity index (χ3n) is 3.07. The maximum Gasteiger partial charge on any atom is 0.436 e. The molecule has 1 N–H and O–H groups in total. The van der Waals surface area contributed by atoms with Crippen LogP contribution in [-0.4, -0.2) is 15.7 Å². The second kappa shape index (κ2) is 6.65. The molecule has 0 spiro atoms. The van der Waals surface area contributed by atoms with Gasteiger partial charge in [0, 0.05) is 6.07 Å². The van der Waals surface area contributed by atoms with E-state index in [2.05, 4.69) is 21.0 Å². The number of benzene rings is 1. The maximum atomic E-state index is 13.5. The Hall–Kier alpha value is -2.11. The summed E-state index contributed by atoms with van der Waals surface area (Å²) in [6.45, 7) is 0.333. The van der Waals surface area contributed by atoms with E-state index in [-0.39, 0.29) is 11.8 Å². The van der Waals surface area contributed by atoms with E-state index < -0.39 is 57.8 Å². The largest absolute Gasteiger partial charge is 0.436 e. The number of anilines is 1. The molecule has 2 aromatic rings. The summed E-state index contributed by atoms with van der Waals surface area (Å²) in [7, 11) is 0. The van der Waals surface area contributed by atoms with E-state index in [4.69, 9.17) is 0 Å². The Balaban J connectivity index is 2.28. The average Bonchev–Trinajstić information content (AvgIpc) is 2.78. The zero-order valence-corrected chi connectivity index (χ0v) is 13.7. The number of carbonyl (C=O) groups is 1. The predicted molar refractivity (Wildman–Crippen MR) is 74.6 cm³/mol. The number of halogens is 8. The Morgan fingerprint density at radius 3 is 2.16 bits per heavy atom. The van der Waals surface area contributed by atoms with Gasteiger partial charge in [0.2, 0.25) is 5.91 Å². The van der Waals surface area contributed by atoms with E-state index >= 15 is 0 Å². The van der Waals surface area contributed by atoms with E-state index in [9.17, 15) is 35.5 Å². The molecule has 0 bridgehead atoms. The van der Waals surface area contributed by atoms with Crippen molar-refractivity contribution in [3.8, 4) is 0 Å². The highest BCUT2D eigenvalue weighted by molar-refractivity contribution is 9.10. The van der Waals surface area contributed by atoms with Gasteiger partial charge < -0.3 is 5.32 Å². The van der Waals surface area contributed by atoms with Crippen LogP contribution in [0.3, 0.4) is 0 Å². The molecule has 0 saturated carbocycles. The molecule has 0 radical (unpaired) electrons. The molecule has 136 valence electrons. The number of rotatable bonds is 3. The number of aromatic nitrogens is 2. The predicted octanol–water partition coefficient (Wildman–Crippen LogP) is 4.17. The topological polar surface area (TPSA) is 46.9 Å². The first kappa shape index (κ1) is 19.2. The van der Waals surface area contributed by atoms with Crippen molar-refractivity contribution in [2.24, 2.45) is 0 Å². The summed E-state index contributed by atoms with van der Waals surface area (Å²) in [6.07, 6.45) is -4.80. The molecule has 1 amide bonds. The molecule has 25 heavy (non-hydrogen) atoms. The van der Waals surface area contributed by atoms with Crippen molar-refractivity contribution in [2.45, 2.75) is 19.6 Å². The number of nitrogens with zero attached hydrogens (tertiary/aromatic N) is 2. The number of alkyl halides is 3. The van der Waals surface area contributed by atoms with Crippen molar-refractivity contribution >= 4 is 27.5 Å². The third-order valence-corrected chi connectivity index (χ3v) is 4.02. The fraction of sp³-hybridized carbons (Fsp3) is 0.231. The maximum absolute atomic E-state index is 13.5. The number of amides is 1. The molecule has 1 heterocycles. The van der Waals surface area contributed by atoms with E-state index in [1.54, 1.807) is 5.32 Å². The van der Waals surface area contributed by atoms with Gasteiger partial charge in [0.05, 0.1) is 10.2 Å². The van der Waals surface area contributed by atoms with Gasteiger partial charge >= 0.3 is 6.18 Å². The van der Waals surface area contributed by atoms with Crippen LogP contribution >= 0.6 is 15.9 Å². The molecule has 0 saturated heterocycles. The van der Waals surface area contributed by atoms with Crippen molar-refractivity contribution in [1.82, 2.24) is 9.78 Å². The minimum atomic E-state index is -4.80. The second-order valence-electron chi connectivity index (χ2n) is 4.79. The highest BCUT2D eigenvalue weighted by Crippen LogP contribution is 2.35. The number of nitrogens with one attached hydrogen (secondary N) is 1. The van der Waals surface area contributed by atoms with Crippen molar-refractivity contribution in [2.75, 3.05) is 5.32 Å². The van der Waals surface area contributed by atoms with Crippen molar-refractivity contribution < 1.29 is 35.5 Å². The number of hydrogen-bond donors (Lipinski definition) is 1. The Morgan fingerprint density at radius 2 is 1.72 bits per heavy atom. The summed E-state index contributed by atoms with van der Waals surface area (Å²) in [4.78, 5) is 11.8. The van der Waals surface area contributed by atoms with Crippen LogP contribution in [0.4, 0.5) is 36.4 Å². The first-order valence-electron chi connectivity index (χ1n) is 6.36. The minimum absolute atomic E-state index is 0.0509. The Labute approximate surface area is 143 Å². The Bertz CT molecular complexity index is 821. The molecule has 1 aromatic carbocycles. The molecular formula is C13H7BrF7N3O. The van der Waals surface area contributed by atoms with Gasteiger partial charge in [0.1, 0.15) is 12.2 Å². The van der Waals surface area contributed by atoms with Gasteiger partial charge in [-0.3, -0.25) is 9.48 Å². The van der Waals surface area contributed by atoms with Crippen LogP contribution in [0.5, 0.6) is 0 Å². The summed E-state index contributed by atoms with van der Waals surface area (Å²) in [5.41, 5.74) is -2.77. The zero-order valence-electron chi connectivity index (χ0n) is 12.1. The van der Waals surface area contributed by atoms with Crippen molar-refractivity contribution in [1.29, 1.82) is 0 Å². The first-order chi connectivity index (χ1) is 11.4. The molecule has 0 fully saturated rings. The molecule has 2 rings (SSSR count). The lowest BCUT2D eigenvalue weighted by molar-refractivity contribution is -0.142. The summed E-state index contributed by atoms with van der Waals surface area (Å²) in [6, 6.07) is -0.0509. The van der Waals surface area contributed by atoms with Crippen LogP contribution in [0.15, 0.2) is 10.5 Å². The molecule has 0 aliphatic rings. The average molecular weight is 434 g/mol. The fourth-order valence-corrected chi connectivity index (χ4v) is 2.37. The van der Waals surface area contributed by atoms with Crippen molar-refractivity contribution in [3.63, 3.8) is 0 Å². The molecule has 12 heteroatoms. The van der Waals surface area contributed by atoms with Gasteiger partial charge in [-0.15, -0.1) is 0 Å². The van der Waals surface area contributed by atoms with Crippen LogP contribution in [0.25, 0.3) is 0 Å². The smallest absolute Gasteiger partial charge is 0.319 e. The highest BCUT2D eigenvalue weighted by atomic mass is 79.9. The normalized spacial score (nSPS) is 11.7. The van der Waals surface area contributed by atoms with Gasteiger partial charge in [-0.1, -0.05) is 0 Å². The van der Waals surface area contributed by atoms with E-state index in [0.29, 0.717) is 4.68 Å². The zero-order chi connectivity index (χ0) is 19.1. The molecule has 0 atom stereocenters. The minimum Gasteiger partial charge on any atom is -0.319 e. The summed E-state index contributed by atoms with van der Waals surface area (Å²) in [5.74, 6) is -8.42. The quantitative estimate of drug-likeness (QED) is 0.583. The van der Waals surface area contributed by atoms with E-state index in [1.165, 1.54) is 6.92 Å². The second-order valence-corrected chi connectivity index (χ2v) is 5.59. The lowest BCUT2D eigenvalue weighted by Gasteiger charge is -2.10. The monoisotopic (exact) mass is 433 g/mol. The lowest BCUT2D eigenvalue weighted by atomic mass is 10.2. The molecule has 0 aliphatic carbocycles. The van der Waals surface area contributed by atoms with Gasteiger partial charge in [-0.25, -0.2) is 17.6 Å². The van der Waals surface area contributed by atoms with Crippen LogP contribution in [0.1, 0.15) is 11.4 Å². The van der Waals surface area contributed by atoms with Gasteiger partial charge in [0.15, 0.2) is 29.0 Å². The highest BCUT2D eigenvalue weighted by Gasteiger charge is 2.38. The van der Waals surface area contributed by atoms with Gasteiger partial charge in [-0.2, -0.15) is 18.3 Å². The summed E-state index contributed by atoms with van der Waals surface area (Å²) < 4.78 is 91.5. The summed E-state index contributed by atoms with van der Waals surface area (Å²) in [5, 5.41) is 4.77.